The lowest BCUT2D eigenvalue weighted by Crippen LogP contribution is -2.49. The highest BCUT2D eigenvalue weighted by Crippen LogP contribution is 2.31. The van der Waals surface area contributed by atoms with E-state index in [0.29, 0.717) is 6.54 Å². The maximum absolute atomic E-state index is 13.5. The van der Waals surface area contributed by atoms with Gasteiger partial charge in [0.05, 0.1) is 0 Å². The number of rotatable bonds is 4. The predicted molar refractivity (Wildman–Crippen MR) is 109 cm³/mol. The van der Waals surface area contributed by atoms with Crippen LogP contribution in [0.15, 0.2) is 24.3 Å². The van der Waals surface area contributed by atoms with Gasteiger partial charge < -0.3 is 14.4 Å². The van der Waals surface area contributed by atoms with E-state index < -0.39 is 0 Å². The first kappa shape index (κ1) is 19.2. The molecule has 2 aliphatic rings. The highest BCUT2D eigenvalue weighted by molar-refractivity contribution is 5.95. The van der Waals surface area contributed by atoms with E-state index in [1.54, 1.807) is 0 Å². The van der Waals surface area contributed by atoms with E-state index in [2.05, 4.69) is 23.3 Å². The number of halogens is 1. The Labute approximate surface area is 166 Å². The van der Waals surface area contributed by atoms with Crippen LogP contribution in [0.1, 0.15) is 52.6 Å². The molecule has 0 saturated carbocycles. The Morgan fingerprint density at radius 1 is 1.04 bits per heavy atom. The Morgan fingerprint density at radius 3 is 2.39 bits per heavy atom. The third kappa shape index (κ3) is 3.60. The third-order valence-electron chi connectivity index (χ3n) is 6.41. The van der Waals surface area contributed by atoms with Gasteiger partial charge in [0.2, 0.25) is 0 Å². The molecule has 0 radical (unpaired) electrons. The molecule has 1 amide bonds. The molecule has 0 atom stereocenters. The fourth-order valence-corrected chi connectivity index (χ4v) is 4.71. The molecule has 1 aromatic carbocycles. The van der Waals surface area contributed by atoms with Gasteiger partial charge in [0.1, 0.15) is 11.5 Å². The summed E-state index contributed by atoms with van der Waals surface area (Å²) < 4.78 is 15.6. The molecule has 1 fully saturated rings. The molecular weight excluding hydrogens is 353 g/mol. The van der Waals surface area contributed by atoms with Crippen LogP contribution in [-0.2, 0) is 19.4 Å². The summed E-state index contributed by atoms with van der Waals surface area (Å²) in [5, 5.41) is 0. The molecule has 1 aliphatic heterocycles. The van der Waals surface area contributed by atoms with Crippen molar-refractivity contribution < 1.29 is 9.18 Å². The van der Waals surface area contributed by atoms with E-state index in [0.717, 1.165) is 62.4 Å². The first-order valence-electron chi connectivity index (χ1n) is 10.6. The predicted octanol–water partition coefficient (Wildman–Crippen LogP) is 3.64. The maximum atomic E-state index is 13.5. The number of fused-ring (bicyclic) bond motifs is 1. The van der Waals surface area contributed by atoms with E-state index >= 15 is 0 Å². The highest BCUT2D eigenvalue weighted by Gasteiger charge is 2.30. The number of carbonyl (C=O) groups is 1. The normalized spacial score (nSPS) is 17.6. The summed E-state index contributed by atoms with van der Waals surface area (Å²) in [6, 6.07) is 6.66. The van der Waals surface area contributed by atoms with Crippen LogP contribution in [0.25, 0.3) is 0 Å². The summed E-state index contributed by atoms with van der Waals surface area (Å²) >= 11 is 0. The molecule has 0 bridgehead atoms. The van der Waals surface area contributed by atoms with Crippen LogP contribution in [0.5, 0.6) is 0 Å². The minimum absolute atomic E-state index is 0.157. The second-order valence-corrected chi connectivity index (χ2v) is 8.05. The van der Waals surface area contributed by atoms with Gasteiger partial charge in [-0.15, -0.1) is 0 Å². The lowest BCUT2D eigenvalue weighted by Gasteiger charge is -2.34. The minimum Gasteiger partial charge on any atom is -0.336 e. The van der Waals surface area contributed by atoms with Crippen molar-refractivity contribution >= 4 is 5.91 Å². The molecule has 1 aliphatic carbocycles. The number of benzene rings is 1. The molecule has 4 rings (SSSR count). The monoisotopic (exact) mass is 383 g/mol. The number of aromatic nitrogens is 1. The van der Waals surface area contributed by atoms with Gasteiger partial charge in [0.15, 0.2) is 0 Å². The van der Waals surface area contributed by atoms with Gasteiger partial charge in [-0.3, -0.25) is 4.79 Å². The van der Waals surface area contributed by atoms with Gasteiger partial charge in [-0.2, -0.15) is 0 Å². The van der Waals surface area contributed by atoms with Crippen LogP contribution in [0, 0.1) is 12.7 Å². The summed E-state index contributed by atoms with van der Waals surface area (Å²) in [5.74, 6) is -0.0654. The smallest absolute Gasteiger partial charge is 0.270 e. The van der Waals surface area contributed by atoms with E-state index in [4.69, 9.17) is 0 Å². The summed E-state index contributed by atoms with van der Waals surface area (Å²) in [6.45, 7) is 9.42. The second-order valence-electron chi connectivity index (χ2n) is 8.05. The van der Waals surface area contributed by atoms with Crippen molar-refractivity contribution in [2.24, 2.45) is 0 Å². The Bertz CT molecular complexity index is 848. The van der Waals surface area contributed by atoms with Crippen molar-refractivity contribution in [1.29, 1.82) is 0 Å². The van der Waals surface area contributed by atoms with Crippen LogP contribution in [0.4, 0.5) is 4.39 Å². The Hall–Kier alpha value is -2.14. The van der Waals surface area contributed by atoms with E-state index in [1.165, 1.54) is 36.2 Å². The van der Waals surface area contributed by atoms with Crippen molar-refractivity contribution in [3.63, 3.8) is 0 Å². The SMILES string of the molecule is CCN1CCN(C(=O)c2c(C)c3c(n2Cc2ccc(F)cc2)CCCC3)CC1. The molecule has 2 aromatic rings. The van der Waals surface area contributed by atoms with E-state index in [1.807, 2.05) is 17.0 Å². The summed E-state index contributed by atoms with van der Waals surface area (Å²) in [5.41, 5.74) is 5.71. The van der Waals surface area contributed by atoms with Gasteiger partial charge in [-0.05, 0) is 68.0 Å². The lowest BCUT2D eigenvalue weighted by atomic mass is 9.95. The van der Waals surface area contributed by atoms with Crippen molar-refractivity contribution in [2.75, 3.05) is 32.7 Å². The molecular formula is C23H30FN3O. The third-order valence-corrected chi connectivity index (χ3v) is 6.41. The molecule has 2 heterocycles. The zero-order valence-corrected chi connectivity index (χ0v) is 17.0. The molecule has 0 spiro atoms. The van der Waals surface area contributed by atoms with Crippen LogP contribution >= 0.6 is 0 Å². The topological polar surface area (TPSA) is 28.5 Å². The summed E-state index contributed by atoms with van der Waals surface area (Å²) in [7, 11) is 0. The largest absolute Gasteiger partial charge is 0.336 e. The van der Waals surface area contributed by atoms with Gasteiger partial charge in [-0.25, -0.2) is 4.39 Å². The number of amides is 1. The van der Waals surface area contributed by atoms with Crippen molar-refractivity contribution in [3.8, 4) is 0 Å². The maximum Gasteiger partial charge on any atom is 0.270 e. The van der Waals surface area contributed by atoms with Crippen LogP contribution in [-0.4, -0.2) is 53.0 Å². The molecule has 150 valence electrons. The van der Waals surface area contributed by atoms with Gasteiger partial charge >= 0.3 is 0 Å². The number of hydrogen-bond acceptors (Lipinski definition) is 2. The summed E-state index contributed by atoms with van der Waals surface area (Å²) in [6.07, 6.45) is 4.44. The van der Waals surface area contributed by atoms with Gasteiger partial charge in [0, 0.05) is 38.4 Å². The van der Waals surface area contributed by atoms with Gasteiger partial charge in [0.25, 0.3) is 5.91 Å². The Kier molecular flexibility index (Phi) is 5.54. The van der Waals surface area contributed by atoms with Gasteiger partial charge in [-0.1, -0.05) is 19.1 Å². The number of likely N-dealkylation sites (N-methyl/N-ethyl adjacent to an activating group) is 1. The molecule has 0 N–H and O–H groups in total. The molecule has 5 heteroatoms. The zero-order valence-electron chi connectivity index (χ0n) is 17.0. The fourth-order valence-electron chi connectivity index (χ4n) is 4.71. The van der Waals surface area contributed by atoms with Crippen molar-refractivity contribution in [2.45, 2.75) is 46.1 Å². The Morgan fingerprint density at radius 2 is 1.71 bits per heavy atom. The summed E-state index contributed by atoms with van der Waals surface area (Å²) in [4.78, 5) is 17.9. The fraction of sp³-hybridized carbons (Fsp3) is 0.522. The molecule has 1 saturated heterocycles. The zero-order chi connectivity index (χ0) is 19.7. The first-order valence-corrected chi connectivity index (χ1v) is 10.6. The lowest BCUT2D eigenvalue weighted by molar-refractivity contribution is 0.0632. The quantitative estimate of drug-likeness (QED) is 0.806. The number of carbonyl (C=O) groups excluding carboxylic acids is 1. The standard InChI is InChI=1S/C23H30FN3O/c1-3-25-12-14-26(15-13-25)23(28)22-17(2)20-6-4-5-7-21(20)27(22)16-18-8-10-19(24)11-9-18/h8-11H,3-7,12-16H2,1-2H3. The Balaban J connectivity index is 1.68. The highest BCUT2D eigenvalue weighted by atomic mass is 19.1. The van der Waals surface area contributed by atoms with Crippen molar-refractivity contribution in [1.82, 2.24) is 14.4 Å². The van der Waals surface area contributed by atoms with Crippen LogP contribution in [0.3, 0.4) is 0 Å². The van der Waals surface area contributed by atoms with E-state index in [-0.39, 0.29) is 11.7 Å². The molecule has 28 heavy (non-hydrogen) atoms. The number of nitrogens with zero attached hydrogens (tertiary/aromatic N) is 3. The minimum atomic E-state index is -0.223. The number of piperazine rings is 1. The van der Waals surface area contributed by atoms with Crippen LogP contribution in [0.2, 0.25) is 0 Å². The second kappa shape index (κ2) is 8.08. The van der Waals surface area contributed by atoms with Crippen LogP contribution < -0.4 is 0 Å². The first-order chi connectivity index (χ1) is 13.6. The molecule has 0 unspecified atom stereocenters. The van der Waals surface area contributed by atoms with Crippen molar-refractivity contribution in [3.05, 3.63) is 58.2 Å². The van der Waals surface area contributed by atoms with E-state index in [9.17, 15) is 9.18 Å². The number of hydrogen-bond donors (Lipinski definition) is 0. The average Bonchev–Trinajstić information content (AvgIpc) is 3.01. The molecule has 1 aromatic heterocycles. The average molecular weight is 384 g/mol. The molecule has 4 nitrogen and oxygen atoms in total.